The molecule has 1 spiro atoms. The van der Waals surface area contributed by atoms with Gasteiger partial charge >= 0.3 is 0 Å². The van der Waals surface area contributed by atoms with Crippen LogP contribution in [-0.4, -0.2) is 36.0 Å². The van der Waals surface area contributed by atoms with Gasteiger partial charge in [-0.05, 0) is 38.8 Å². The van der Waals surface area contributed by atoms with Crippen LogP contribution in [0.2, 0.25) is 0 Å². The van der Waals surface area contributed by atoms with Crippen LogP contribution in [0.3, 0.4) is 0 Å². The molecule has 0 aliphatic carbocycles. The number of allylic oxidation sites excluding steroid dienone is 1. The van der Waals surface area contributed by atoms with E-state index in [4.69, 9.17) is 0 Å². The molecule has 1 aromatic carbocycles. The number of para-hydroxylation sites is 2. The summed E-state index contributed by atoms with van der Waals surface area (Å²) in [6.45, 7) is 7.15. The molecule has 112 valence electrons. The van der Waals surface area contributed by atoms with Gasteiger partial charge in [-0.2, -0.15) is 0 Å². The molecule has 2 heterocycles. The minimum absolute atomic E-state index is 0.114. The largest absolute Gasteiger partial charge is 0.369 e. The van der Waals surface area contributed by atoms with E-state index in [1.807, 2.05) is 24.3 Å². The third-order valence-electron chi connectivity index (χ3n) is 4.66. The summed E-state index contributed by atoms with van der Waals surface area (Å²) >= 11 is 0. The summed E-state index contributed by atoms with van der Waals surface area (Å²) in [5, 5.41) is 6.55. The molecule has 1 fully saturated rings. The topological polar surface area (TPSA) is 44.4 Å². The summed E-state index contributed by atoms with van der Waals surface area (Å²) in [6, 6.07) is 7.92. The molecule has 3 rings (SSSR count). The number of carbonyl (C=O) groups is 1. The van der Waals surface area contributed by atoms with Crippen molar-refractivity contribution in [1.29, 1.82) is 0 Å². The Morgan fingerprint density at radius 2 is 1.95 bits per heavy atom. The fourth-order valence-corrected chi connectivity index (χ4v) is 3.15. The molecule has 2 aliphatic heterocycles. The summed E-state index contributed by atoms with van der Waals surface area (Å²) < 4.78 is 0. The Kier molecular flexibility index (Phi) is 3.72. The zero-order valence-electron chi connectivity index (χ0n) is 12.8. The molecule has 0 saturated carbocycles. The van der Waals surface area contributed by atoms with E-state index in [9.17, 15) is 4.79 Å². The van der Waals surface area contributed by atoms with E-state index < -0.39 is 5.54 Å². The van der Waals surface area contributed by atoms with Crippen molar-refractivity contribution in [2.24, 2.45) is 0 Å². The molecule has 4 heteroatoms. The van der Waals surface area contributed by atoms with Gasteiger partial charge in [-0.15, -0.1) is 0 Å². The highest BCUT2D eigenvalue weighted by atomic mass is 16.2. The van der Waals surface area contributed by atoms with Crippen LogP contribution in [0.4, 0.5) is 11.4 Å². The molecule has 0 aromatic heterocycles. The van der Waals surface area contributed by atoms with Crippen LogP contribution in [0.1, 0.15) is 26.7 Å². The Balaban J connectivity index is 1.72. The van der Waals surface area contributed by atoms with Gasteiger partial charge < -0.3 is 10.6 Å². The van der Waals surface area contributed by atoms with Crippen molar-refractivity contribution in [2.75, 3.05) is 30.3 Å². The molecular weight excluding hydrogens is 262 g/mol. The Hall–Kier alpha value is -1.81. The number of nitrogens with zero attached hydrogens (tertiary/aromatic N) is 1. The molecule has 21 heavy (non-hydrogen) atoms. The Bertz CT molecular complexity index is 571. The molecule has 1 aromatic rings. The van der Waals surface area contributed by atoms with Gasteiger partial charge in [-0.1, -0.05) is 23.8 Å². The number of anilines is 2. The van der Waals surface area contributed by atoms with Crippen molar-refractivity contribution < 1.29 is 4.79 Å². The highest BCUT2D eigenvalue weighted by Crippen LogP contribution is 2.36. The van der Waals surface area contributed by atoms with Gasteiger partial charge in [-0.25, -0.2) is 0 Å². The van der Waals surface area contributed by atoms with Crippen LogP contribution in [0.5, 0.6) is 0 Å². The maximum atomic E-state index is 12.5. The number of rotatable bonds is 2. The van der Waals surface area contributed by atoms with E-state index in [2.05, 4.69) is 35.5 Å². The average molecular weight is 285 g/mol. The lowest BCUT2D eigenvalue weighted by molar-refractivity contribution is -0.122. The van der Waals surface area contributed by atoms with Crippen molar-refractivity contribution >= 4 is 17.3 Å². The first kappa shape index (κ1) is 14.1. The van der Waals surface area contributed by atoms with Crippen molar-refractivity contribution in [3.63, 3.8) is 0 Å². The number of piperidine rings is 1. The first-order valence-corrected chi connectivity index (χ1v) is 7.66. The molecule has 0 radical (unpaired) electrons. The standard InChI is InChI=1S/C17H23N3O/c1-3-13(2)12-20-10-8-17(9-11-20)16(21)18-14-6-4-5-7-15(14)19-17/h3-7,19H,8-12H2,1-2H3,(H,18,21). The lowest BCUT2D eigenvalue weighted by atomic mass is 9.84. The number of hydrogen-bond donors (Lipinski definition) is 2. The maximum absolute atomic E-state index is 12.5. The van der Waals surface area contributed by atoms with Crippen molar-refractivity contribution in [2.45, 2.75) is 32.2 Å². The average Bonchev–Trinajstić information content (AvgIpc) is 2.50. The second kappa shape index (κ2) is 5.53. The Labute approximate surface area is 126 Å². The van der Waals surface area contributed by atoms with Crippen LogP contribution in [-0.2, 0) is 4.79 Å². The molecule has 0 atom stereocenters. The number of likely N-dealkylation sites (tertiary alicyclic amines) is 1. The highest BCUT2D eigenvalue weighted by molar-refractivity contribution is 6.06. The van der Waals surface area contributed by atoms with Crippen molar-refractivity contribution in [3.8, 4) is 0 Å². The summed E-state index contributed by atoms with van der Waals surface area (Å²) in [7, 11) is 0. The zero-order valence-corrected chi connectivity index (χ0v) is 12.8. The summed E-state index contributed by atoms with van der Waals surface area (Å²) in [5.74, 6) is 0.114. The van der Waals surface area contributed by atoms with Crippen LogP contribution in [0, 0.1) is 0 Å². The summed E-state index contributed by atoms with van der Waals surface area (Å²) in [5.41, 5.74) is 2.88. The fourth-order valence-electron chi connectivity index (χ4n) is 3.15. The normalized spacial score (nSPS) is 21.6. The second-order valence-corrected chi connectivity index (χ2v) is 6.12. The Morgan fingerprint density at radius 3 is 2.62 bits per heavy atom. The molecule has 1 amide bonds. The van der Waals surface area contributed by atoms with Gasteiger partial charge in [0.05, 0.1) is 11.4 Å². The molecular formula is C17H23N3O. The first-order valence-electron chi connectivity index (χ1n) is 7.66. The number of hydrogen-bond acceptors (Lipinski definition) is 3. The molecule has 2 aliphatic rings. The first-order chi connectivity index (χ1) is 10.1. The lowest BCUT2D eigenvalue weighted by Gasteiger charge is -2.44. The van der Waals surface area contributed by atoms with Gasteiger partial charge in [0.25, 0.3) is 0 Å². The van der Waals surface area contributed by atoms with E-state index in [0.29, 0.717) is 0 Å². The maximum Gasteiger partial charge on any atom is 0.250 e. The fraction of sp³-hybridized carbons (Fsp3) is 0.471. The summed E-state index contributed by atoms with van der Waals surface area (Å²) in [6.07, 6.45) is 3.86. The van der Waals surface area contributed by atoms with Gasteiger partial charge in [0.1, 0.15) is 5.54 Å². The molecule has 1 saturated heterocycles. The van der Waals surface area contributed by atoms with Crippen LogP contribution in [0.25, 0.3) is 0 Å². The van der Waals surface area contributed by atoms with Crippen LogP contribution < -0.4 is 10.6 Å². The Morgan fingerprint density at radius 1 is 1.29 bits per heavy atom. The molecule has 0 unspecified atom stereocenters. The zero-order chi connectivity index (χ0) is 14.9. The number of fused-ring (bicyclic) bond motifs is 1. The predicted octanol–water partition coefficient (Wildman–Crippen LogP) is 2.85. The lowest BCUT2D eigenvalue weighted by Crippen LogP contribution is -2.58. The predicted molar refractivity (Wildman–Crippen MR) is 86.5 cm³/mol. The van der Waals surface area contributed by atoms with Crippen molar-refractivity contribution in [1.82, 2.24) is 4.90 Å². The van der Waals surface area contributed by atoms with Gasteiger partial charge in [0.2, 0.25) is 5.91 Å². The second-order valence-electron chi connectivity index (χ2n) is 6.12. The smallest absolute Gasteiger partial charge is 0.250 e. The third-order valence-corrected chi connectivity index (χ3v) is 4.66. The quantitative estimate of drug-likeness (QED) is 0.821. The van der Waals surface area contributed by atoms with Crippen LogP contribution >= 0.6 is 0 Å². The monoisotopic (exact) mass is 285 g/mol. The minimum Gasteiger partial charge on any atom is -0.369 e. The highest BCUT2D eigenvalue weighted by Gasteiger charge is 2.44. The minimum atomic E-state index is -0.436. The van der Waals surface area contributed by atoms with E-state index in [1.165, 1.54) is 5.57 Å². The number of nitrogens with one attached hydrogen (secondary N) is 2. The van der Waals surface area contributed by atoms with Crippen LogP contribution in [0.15, 0.2) is 35.9 Å². The summed E-state index contributed by atoms with van der Waals surface area (Å²) in [4.78, 5) is 14.9. The number of benzene rings is 1. The van der Waals surface area contributed by atoms with E-state index in [-0.39, 0.29) is 5.91 Å². The van der Waals surface area contributed by atoms with Crippen molar-refractivity contribution in [3.05, 3.63) is 35.9 Å². The van der Waals surface area contributed by atoms with Gasteiger partial charge in [0.15, 0.2) is 0 Å². The van der Waals surface area contributed by atoms with Gasteiger partial charge in [-0.3, -0.25) is 9.69 Å². The SMILES string of the molecule is CC=C(C)CN1CCC2(CC1)Nc1ccccc1NC2=O. The molecule has 4 nitrogen and oxygen atoms in total. The number of amides is 1. The number of carbonyl (C=O) groups excluding carboxylic acids is 1. The molecule has 2 N–H and O–H groups in total. The van der Waals surface area contributed by atoms with E-state index in [1.54, 1.807) is 0 Å². The van der Waals surface area contributed by atoms with E-state index in [0.717, 1.165) is 43.9 Å². The molecule has 0 bridgehead atoms. The third kappa shape index (κ3) is 2.68. The van der Waals surface area contributed by atoms with Gasteiger partial charge in [0, 0.05) is 19.6 Å². The van der Waals surface area contributed by atoms with E-state index >= 15 is 0 Å².